The van der Waals surface area contributed by atoms with Gasteiger partial charge >= 0.3 is 0 Å². The normalized spacial score (nSPS) is 15.6. The van der Waals surface area contributed by atoms with E-state index in [0.29, 0.717) is 26.2 Å². The molecule has 1 fully saturated rings. The van der Waals surface area contributed by atoms with Gasteiger partial charge in [0, 0.05) is 5.56 Å². The summed E-state index contributed by atoms with van der Waals surface area (Å²) in [6, 6.07) is 23.5. The van der Waals surface area contributed by atoms with Crippen LogP contribution in [0.15, 0.2) is 94.0 Å². The van der Waals surface area contributed by atoms with Gasteiger partial charge in [-0.15, -0.1) is 0 Å². The van der Waals surface area contributed by atoms with Crippen molar-refractivity contribution < 1.29 is 9.90 Å². The molecule has 142 valence electrons. The topological polar surface area (TPSA) is 65.3 Å². The van der Waals surface area contributed by atoms with E-state index in [1.807, 2.05) is 60.7 Å². The number of anilines is 1. The van der Waals surface area contributed by atoms with Gasteiger partial charge in [-0.25, -0.2) is 0 Å². The number of azo groups is 1. The van der Waals surface area contributed by atoms with Crippen LogP contribution in [0.2, 0.25) is 0 Å². The minimum absolute atomic E-state index is 0.0497. The zero-order chi connectivity index (χ0) is 20.2. The first-order chi connectivity index (χ1) is 14.1. The fraction of sp³-hybridized carbons (Fsp3) is 0. The minimum Gasteiger partial charge on any atom is -0.507 e. The van der Waals surface area contributed by atoms with Crippen molar-refractivity contribution in [1.29, 1.82) is 0 Å². The first-order valence-electron chi connectivity index (χ1n) is 8.74. The number of carbonyl (C=O) groups excluding carboxylic acids is 1. The van der Waals surface area contributed by atoms with E-state index in [9.17, 15) is 9.90 Å². The number of phenols is 1. The number of hydrogen-bond donors (Lipinski definition) is 1. The average Bonchev–Trinajstić information content (AvgIpc) is 3.03. The molecule has 1 aliphatic rings. The van der Waals surface area contributed by atoms with Gasteiger partial charge in [-0.2, -0.15) is 10.2 Å². The summed E-state index contributed by atoms with van der Waals surface area (Å²) < 4.78 is 0.451. The molecule has 0 saturated carbocycles. The maximum absolute atomic E-state index is 12.9. The summed E-state index contributed by atoms with van der Waals surface area (Å²) >= 11 is 6.58. The Bertz CT molecular complexity index is 1130. The highest BCUT2D eigenvalue weighted by molar-refractivity contribution is 8.27. The van der Waals surface area contributed by atoms with Crippen LogP contribution in [0.4, 0.5) is 17.1 Å². The molecule has 1 N–H and O–H groups in total. The molecule has 3 aromatic carbocycles. The fourth-order valence-corrected chi connectivity index (χ4v) is 4.03. The van der Waals surface area contributed by atoms with E-state index in [1.165, 1.54) is 22.7 Å². The molecule has 0 radical (unpaired) electrons. The van der Waals surface area contributed by atoms with Crippen LogP contribution in [0.1, 0.15) is 5.56 Å². The van der Waals surface area contributed by atoms with Crippen molar-refractivity contribution in [2.75, 3.05) is 4.90 Å². The second-order valence-corrected chi connectivity index (χ2v) is 7.81. The molecule has 0 aliphatic carbocycles. The lowest BCUT2D eigenvalue weighted by Crippen LogP contribution is -2.27. The van der Waals surface area contributed by atoms with E-state index in [2.05, 4.69) is 10.2 Å². The van der Waals surface area contributed by atoms with Gasteiger partial charge < -0.3 is 5.11 Å². The zero-order valence-corrected chi connectivity index (χ0v) is 16.7. The molecule has 0 spiro atoms. The van der Waals surface area contributed by atoms with Crippen molar-refractivity contribution >= 4 is 57.3 Å². The summed E-state index contributed by atoms with van der Waals surface area (Å²) in [5, 5.41) is 18.6. The molecule has 5 nitrogen and oxygen atoms in total. The van der Waals surface area contributed by atoms with Gasteiger partial charge in [-0.3, -0.25) is 9.69 Å². The second-order valence-electron chi connectivity index (χ2n) is 6.13. The number of aromatic hydroxyl groups is 1. The van der Waals surface area contributed by atoms with Gasteiger partial charge in [0.25, 0.3) is 5.91 Å². The molecular weight excluding hydrogens is 402 g/mol. The molecule has 0 atom stereocenters. The molecule has 1 aliphatic heterocycles. The number of thioether (sulfide) groups is 1. The summed E-state index contributed by atoms with van der Waals surface area (Å²) in [5.74, 6) is -0.171. The third kappa shape index (κ3) is 4.26. The Morgan fingerprint density at radius 2 is 1.55 bits per heavy atom. The average molecular weight is 418 g/mol. The monoisotopic (exact) mass is 417 g/mol. The lowest BCUT2D eigenvalue weighted by atomic mass is 10.1. The number of para-hydroxylation sites is 1. The Balaban J connectivity index is 1.62. The Morgan fingerprint density at radius 3 is 2.28 bits per heavy atom. The van der Waals surface area contributed by atoms with Gasteiger partial charge in [0.1, 0.15) is 5.75 Å². The number of thiocarbonyl (C=S) groups is 1. The summed E-state index contributed by atoms with van der Waals surface area (Å²) in [7, 11) is 0. The predicted octanol–water partition coefficient (Wildman–Crippen LogP) is 6.21. The van der Waals surface area contributed by atoms with Gasteiger partial charge in [-0.1, -0.05) is 60.4 Å². The molecular formula is C22H15N3O2S2. The lowest BCUT2D eigenvalue weighted by molar-refractivity contribution is -0.113. The summed E-state index contributed by atoms with van der Waals surface area (Å²) in [6.45, 7) is 0. The van der Waals surface area contributed by atoms with Crippen molar-refractivity contribution in [3.63, 3.8) is 0 Å². The Kier molecular flexibility index (Phi) is 5.50. The summed E-state index contributed by atoms with van der Waals surface area (Å²) in [6.07, 6.45) is 1.62. The lowest BCUT2D eigenvalue weighted by Gasteiger charge is -2.13. The van der Waals surface area contributed by atoms with Gasteiger partial charge in [0.15, 0.2) is 4.32 Å². The van der Waals surface area contributed by atoms with E-state index < -0.39 is 0 Å². The smallest absolute Gasteiger partial charge is 0.270 e. The quantitative estimate of drug-likeness (QED) is 0.311. The predicted molar refractivity (Wildman–Crippen MR) is 121 cm³/mol. The van der Waals surface area contributed by atoms with E-state index in [0.717, 1.165) is 5.69 Å². The van der Waals surface area contributed by atoms with Gasteiger partial charge in [0.05, 0.1) is 22.0 Å². The maximum Gasteiger partial charge on any atom is 0.270 e. The van der Waals surface area contributed by atoms with Crippen LogP contribution in [-0.2, 0) is 4.79 Å². The molecule has 1 amide bonds. The highest BCUT2D eigenvalue weighted by atomic mass is 32.2. The fourth-order valence-electron chi connectivity index (χ4n) is 2.74. The molecule has 1 heterocycles. The van der Waals surface area contributed by atoms with Gasteiger partial charge in [0.2, 0.25) is 0 Å². The number of hydrogen-bond acceptors (Lipinski definition) is 6. The summed E-state index contributed by atoms with van der Waals surface area (Å²) in [5.41, 5.74) is 2.48. The molecule has 3 aromatic rings. The molecule has 0 aromatic heterocycles. The molecule has 29 heavy (non-hydrogen) atoms. The van der Waals surface area contributed by atoms with Crippen molar-refractivity contribution in [3.05, 3.63) is 89.3 Å². The van der Waals surface area contributed by atoms with Crippen molar-refractivity contribution in [3.8, 4) is 5.75 Å². The van der Waals surface area contributed by atoms with Gasteiger partial charge in [-0.05, 0) is 48.5 Å². The summed E-state index contributed by atoms with van der Waals surface area (Å²) in [4.78, 5) is 14.8. The largest absolute Gasteiger partial charge is 0.507 e. The van der Waals surface area contributed by atoms with E-state index in [-0.39, 0.29) is 11.7 Å². The zero-order valence-electron chi connectivity index (χ0n) is 15.1. The minimum atomic E-state index is -0.220. The number of phenolic OH excluding ortho intramolecular Hbond substituents is 1. The van der Waals surface area contributed by atoms with Crippen LogP contribution < -0.4 is 4.90 Å². The van der Waals surface area contributed by atoms with Crippen LogP contribution in [0.5, 0.6) is 5.75 Å². The van der Waals surface area contributed by atoms with E-state index >= 15 is 0 Å². The van der Waals surface area contributed by atoms with Crippen LogP contribution >= 0.6 is 24.0 Å². The van der Waals surface area contributed by atoms with Crippen LogP contribution in [0.3, 0.4) is 0 Å². The number of rotatable bonds is 4. The molecule has 1 saturated heterocycles. The Hall–Kier alpha value is -3.29. The first-order valence-corrected chi connectivity index (χ1v) is 9.97. The maximum atomic E-state index is 12.9. The highest BCUT2D eigenvalue weighted by Gasteiger charge is 2.33. The van der Waals surface area contributed by atoms with E-state index in [1.54, 1.807) is 18.2 Å². The third-order valence-corrected chi connectivity index (χ3v) is 5.45. The molecule has 0 unspecified atom stereocenters. The van der Waals surface area contributed by atoms with Crippen LogP contribution in [-0.4, -0.2) is 15.3 Å². The van der Waals surface area contributed by atoms with E-state index in [4.69, 9.17) is 12.2 Å². The van der Waals surface area contributed by atoms with Crippen molar-refractivity contribution in [1.82, 2.24) is 0 Å². The SMILES string of the molecule is O=C1/C(=C\c2cc(N=Nc3ccccc3)ccc2O)SC(=S)N1c1ccccc1. The number of amides is 1. The Morgan fingerprint density at radius 1 is 0.897 bits per heavy atom. The number of benzene rings is 3. The van der Waals surface area contributed by atoms with Crippen LogP contribution in [0.25, 0.3) is 6.08 Å². The number of carbonyl (C=O) groups is 1. The third-order valence-electron chi connectivity index (χ3n) is 4.14. The van der Waals surface area contributed by atoms with Crippen LogP contribution in [0, 0.1) is 0 Å². The first kappa shape index (κ1) is 19.0. The highest BCUT2D eigenvalue weighted by Crippen LogP contribution is 2.37. The Labute approximate surface area is 177 Å². The molecule has 7 heteroatoms. The standard InChI is InChI=1S/C22H15N3O2S2/c26-19-12-11-17(24-23-16-7-3-1-4-8-16)13-15(19)14-20-21(27)25(22(28)29-20)18-9-5-2-6-10-18/h1-14,26H/b20-14+,24-23?. The second kappa shape index (κ2) is 8.38. The van der Waals surface area contributed by atoms with Crippen molar-refractivity contribution in [2.45, 2.75) is 0 Å². The molecule has 0 bridgehead atoms. The molecule has 4 rings (SSSR count). The number of nitrogens with zero attached hydrogens (tertiary/aromatic N) is 3. The van der Waals surface area contributed by atoms with Crippen molar-refractivity contribution in [2.24, 2.45) is 10.2 Å².